The van der Waals surface area contributed by atoms with Gasteiger partial charge < -0.3 is 21.1 Å². The molecular weight excluding hydrogens is 332 g/mol. The Morgan fingerprint density at radius 2 is 1.78 bits per heavy atom. The summed E-state index contributed by atoms with van der Waals surface area (Å²) in [6.07, 6.45) is -0.273. The lowest BCUT2D eigenvalue weighted by Gasteiger charge is -2.13. The minimum absolute atomic E-state index is 0. The molecule has 1 rings (SSSR count). The van der Waals surface area contributed by atoms with Gasteiger partial charge in [-0.1, -0.05) is 6.07 Å². The molecule has 6 nitrogen and oxygen atoms in total. The summed E-state index contributed by atoms with van der Waals surface area (Å²) < 4.78 is 31.7. The van der Waals surface area contributed by atoms with E-state index in [2.05, 4.69) is 10.6 Å². The predicted molar refractivity (Wildman–Crippen MR) is 83.4 cm³/mol. The second-order valence-electron chi connectivity index (χ2n) is 4.50. The zero-order valence-corrected chi connectivity index (χ0v) is 13.4. The van der Waals surface area contributed by atoms with Crippen LogP contribution in [0.15, 0.2) is 18.2 Å². The van der Waals surface area contributed by atoms with E-state index >= 15 is 0 Å². The minimum Gasteiger partial charge on any atom is -0.380 e. The van der Waals surface area contributed by atoms with Crippen molar-refractivity contribution < 1.29 is 23.1 Å². The van der Waals surface area contributed by atoms with Gasteiger partial charge in [-0.2, -0.15) is 0 Å². The van der Waals surface area contributed by atoms with E-state index < -0.39 is 23.1 Å². The number of nitrogens with two attached hydrogens (primary N) is 1. The van der Waals surface area contributed by atoms with Gasteiger partial charge in [-0.15, -0.1) is 12.4 Å². The van der Waals surface area contributed by atoms with Crippen LogP contribution in [-0.4, -0.2) is 44.7 Å². The molecule has 0 aliphatic carbocycles. The Kier molecular flexibility index (Phi) is 10.0. The number of hydrogen-bond donors (Lipinski definition) is 3. The average molecular weight is 352 g/mol. The molecule has 1 aromatic rings. The normalized spacial score (nSPS) is 11.3. The topological polar surface area (TPSA) is 93.4 Å². The maximum Gasteiger partial charge on any atom is 0.257 e. The fourth-order valence-electron chi connectivity index (χ4n) is 1.72. The monoisotopic (exact) mass is 351 g/mol. The Morgan fingerprint density at radius 3 is 2.30 bits per heavy atom. The first-order valence-electron chi connectivity index (χ1n) is 6.71. The quantitative estimate of drug-likeness (QED) is 0.598. The summed E-state index contributed by atoms with van der Waals surface area (Å²) in [5.74, 6) is -3.04. The van der Waals surface area contributed by atoms with E-state index in [1.807, 2.05) is 0 Å². The van der Waals surface area contributed by atoms with Gasteiger partial charge in [0.05, 0.1) is 12.5 Å². The molecule has 0 fully saturated rings. The summed E-state index contributed by atoms with van der Waals surface area (Å²) in [5.41, 5.74) is 4.74. The van der Waals surface area contributed by atoms with Gasteiger partial charge in [0, 0.05) is 26.7 Å². The fourth-order valence-corrected chi connectivity index (χ4v) is 1.72. The van der Waals surface area contributed by atoms with E-state index in [9.17, 15) is 18.4 Å². The number of carbonyl (C=O) groups excluding carboxylic acids is 2. The van der Waals surface area contributed by atoms with Crippen LogP contribution >= 0.6 is 12.4 Å². The van der Waals surface area contributed by atoms with Crippen molar-refractivity contribution in [3.8, 4) is 0 Å². The summed E-state index contributed by atoms with van der Waals surface area (Å²) in [6, 6.07) is 3.17. The van der Waals surface area contributed by atoms with E-state index in [1.165, 1.54) is 13.2 Å². The van der Waals surface area contributed by atoms with Gasteiger partial charge in [0.15, 0.2) is 0 Å². The second-order valence-corrected chi connectivity index (χ2v) is 4.50. The number of carbonyl (C=O) groups is 2. The number of hydrogen-bond acceptors (Lipinski definition) is 4. The highest BCUT2D eigenvalue weighted by molar-refractivity contribution is 5.94. The van der Waals surface area contributed by atoms with Crippen LogP contribution in [0.5, 0.6) is 0 Å². The molecular formula is C14H20ClF2N3O3. The second kappa shape index (κ2) is 10.9. The van der Waals surface area contributed by atoms with Gasteiger partial charge in [0.1, 0.15) is 17.2 Å². The number of methoxy groups -OCH3 is 1. The first-order valence-corrected chi connectivity index (χ1v) is 6.71. The summed E-state index contributed by atoms with van der Waals surface area (Å²) in [7, 11) is 1.45. The van der Waals surface area contributed by atoms with Gasteiger partial charge in [0.25, 0.3) is 5.91 Å². The van der Waals surface area contributed by atoms with Crippen LogP contribution in [0.1, 0.15) is 16.8 Å². The summed E-state index contributed by atoms with van der Waals surface area (Å²) in [6.45, 7) is 0.382. The van der Waals surface area contributed by atoms with E-state index in [0.717, 1.165) is 12.1 Å². The van der Waals surface area contributed by atoms with Crippen LogP contribution in [-0.2, 0) is 9.53 Å². The highest BCUT2D eigenvalue weighted by Gasteiger charge is 2.16. The maximum absolute atomic E-state index is 13.4. The maximum atomic E-state index is 13.4. The van der Waals surface area contributed by atoms with E-state index in [0.29, 0.717) is 0 Å². The number of benzene rings is 1. The molecule has 0 saturated heterocycles. The molecule has 4 N–H and O–H groups in total. The van der Waals surface area contributed by atoms with Crippen molar-refractivity contribution in [1.29, 1.82) is 0 Å². The number of ether oxygens (including phenoxy) is 1. The van der Waals surface area contributed by atoms with Crippen molar-refractivity contribution in [2.75, 3.05) is 26.7 Å². The third-order valence-electron chi connectivity index (χ3n) is 2.93. The Hall–Kier alpha value is -1.77. The predicted octanol–water partition coefficient (Wildman–Crippen LogP) is 0.596. The SMILES string of the molecule is COC(CN)CC(=O)NCCNC(=O)c1c(F)cccc1F.Cl. The van der Waals surface area contributed by atoms with Crippen molar-refractivity contribution in [2.45, 2.75) is 12.5 Å². The molecule has 9 heteroatoms. The highest BCUT2D eigenvalue weighted by atomic mass is 35.5. The molecule has 2 amide bonds. The first-order chi connectivity index (χ1) is 10.5. The number of halogens is 3. The summed E-state index contributed by atoms with van der Waals surface area (Å²) in [4.78, 5) is 23.2. The Bertz CT molecular complexity index is 508. The van der Waals surface area contributed by atoms with Crippen LogP contribution in [0.25, 0.3) is 0 Å². The average Bonchev–Trinajstić information content (AvgIpc) is 2.49. The fraction of sp³-hybridized carbons (Fsp3) is 0.429. The molecule has 1 atom stereocenters. The van der Waals surface area contributed by atoms with Gasteiger partial charge in [-0.25, -0.2) is 8.78 Å². The van der Waals surface area contributed by atoms with Gasteiger partial charge in [-0.05, 0) is 12.1 Å². The van der Waals surface area contributed by atoms with Gasteiger partial charge >= 0.3 is 0 Å². The molecule has 23 heavy (non-hydrogen) atoms. The molecule has 0 heterocycles. The zero-order valence-electron chi connectivity index (χ0n) is 12.6. The van der Waals surface area contributed by atoms with Crippen molar-refractivity contribution in [1.82, 2.24) is 10.6 Å². The van der Waals surface area contributed by atoms with Crippen LogP contribution in [0.3, 0.4) is 0 Å². The third-order valence-corrected chi connectivity index (χ3v) is 2.93. The Balaban J connectivity index is 0.00000484. The number of amides is 2. The lowest BCUT2D eigenvalue weighted by Crippen LogP contribution is -2.37. The molecule has 0 aromatic heterocycles. The molecule has 130 valence electrons. The molecule has 1 unspecified atom stereocenters. The molecule has 0 bridgehead atoms. The van der Waals surface area contributed by atoms with Crippen molar-refractivity contribution in [2.24, 2.45) is 5.73 Å². The van der Waals surface area contributed by atoms with Crippen LogP contribution in [0.2, 0.25) is 0 Å². The van der Waals surface area contributed by atoms with Crippen LogP contribution in [0, 0.1) is 11.6 Å². The highest BCUT2D eigenvalue weighted by Crippen LogP contribution is 2.11. The Labute approximate surface area is 139 Å². The molecule has 1 aromatic carbocycles. The van der Waals surface area contributed by atoms with Gasteiger partial charge in [0.2, 0.25) is 5.91 Å². The van der Waals surface area contributed by atoms with E-state index in [1.54, 1.807) is 0 Å². The van der Waals surface area contributed by atoms with Crippen LogP contribution < -0.4 is 16.4 Å². The first kappa shape index (κ1) is 21.2. The summed E-state index contributed by atoms with van der Waals surface area (Å²) >= 11 is 0. The third kappa shape index (κ3) is 6.89. The molecule has 0 aliphatic rings. The molecule has 0 aliphatic heterocycles. The lowest BCUT2D eigenvalue weighted by atomic mass is 10.2. The van der Waals surface area contributed by atoms with E-state index in [4.69, 9.17) is 10.5 Å². The van der Waals surface area contributed by atoms with Crippen molar-refractivity contribution in [3.05, 3.63) is 35.4 Å². The van der Waals surface area contributed by atoms with Crippen molar-refractivity contribution in [3.63, 3.8) is 0 Å². The molecule has 0 radical (unpaired) electrons. The standard InChI is InChI=1S/C14H19F2N3O3.ClH/c1-22-9(8-17)7-12(20)18-5-6-19-14(21)13-10(15)3-2-4-11(13)16;/h2-4,9H,5-8,17H2,1H3,(H,18,20)(H,19,21);1H. The van der Waals surface area contributed by atoms with Crippen LogP contribution in [0.4, 0.5) is 8.78 Å². The van der Waals surface area contributed by atoms with Crippen molar-refractivity contribution >= 4 is 24.2 Å². The van der Waals surface area contributed by atoms with Gasteiger partial charge in [-0.3, -0.25) is 9.59 Å². The summed E-state index contributed by atoms with van der Waals surface area (Å²) in [5, 5.41) is 4.87. The largest absolute Gasteiger partial charge is 0.380 e. The Morgan fingerprint density at radius 1 is 1.22 bits per heavy atom. The van der Waals surface area contributed by atoms with E-state index in [-0.39, 0.29) is 50.5 Å². The lowest BCUT2D eigenvalue weighted by molar-refractivity contribution is -0.123. The molecule has 0 saturated carbocycles. The minimum atomic E-state index is -0.938. The smallest absolute Gasteiger partial charge is 0.257 e. The number of nitrogens with one attached hydrogen (secondary N) is 2. The zero-order chi connectivity index (χ0) is 16.5. The molecule has 0 spiro atoms. The number of rotatable bonds is 8.